The van der Waals surface area contributed by atoms with Gasteiger partial charge in [0, 0.05) is 17.2 Å². The second kappa shape index (κ2) is 4.73. The maximum atomic E-state index is 9.30. The van der Waals surface area contributed by atoms with Crippen molar-refractivity contribution in [2.24, 2.45) is 11.7 Å². The van der Waals surface area contributed by atoms with Crippen molar-refractivity contribution in [2.45, 2.75) is 39.5 Å². The molecule has 0 bridgehead atoms. The molecule has 3 N–H and O–H groups in total. The van der Waals surface area contributed by atoms with Crippen molar-refractivity contribution in [3.05, 3.63) is 22.7 Å². The van der Waals surface area contributed by atoms with E-state index in [1.54, 1.807) is 0 Å². The topological polar surface area (TPSA) is 87.7 Å². The minimum absolute atomic E-state index is 0.0163. The second-order valence-corrected chi connectivity index (χ2v) is 4.80. The smallest absolute Gasteiger partial charge is 0.243 e. The molecule has 18 heavy (non-hydrogen) atoms. The Morgan fingerprint density at radius 3 is 2.94 bits per heavy atom. The molecule has 1 aliphatic rings. The quantitative estimate of drug-likeness (QED) is 0.856. The first-order valence-electron chi connectivity index (χ1n) is 6.22. The first kappa shape index (κ1) is 12.5. The molecule has 0 aromatic carbocycles. The number of nitriles is 1. The third-order valence-corrected chi connectivity index (χ3v) is 3.49. The summed E-state index contributed by atoms with van der Waals surface area (Å²) in [5.74, 6) is 1.01. The molecular weight excluding hydrogens is 228 g/mol. The van der Waals surface area contributed by atoms with Crippen molar-refractivity contribution < 1.29 is 4.74 Å². The number of ether oxygens (including phenoxy) is 1. The number of hydrogen-bond acceptors (Lipinski definition) is 4. The van der Waals surface area contributed by atoms with Crippen molar-refractivity contribution in [1.82, 2.24) is 10.2 Å². The van der Waals surface area contributed by atoms with Gasteiger partial charge >= 0.3 is 0 Å². The normalized spacial score (nSPS) is 20.0. The zero-order valence-corrected chi connectivity index (χ0v) is 10.9. The fourth-order valence-corrected chi connectivity index (χ4v) is 2.63. The number of nitrogens with one attached hydrogen (secondary N) is 1. The van der Waals surface area contributed by atoms with Gasteiger partial charge in [-0.15, -0.1) is 5.10 Å². The van der Waals surface area contributed by atoms with Crippen molar-refractivity contribution in [3.8, 4) is 11.9 Å². The first-order valence-corrected chi connectivity index (χ1v) is 6.22. The second-order valence-electron chi connectivity index (χ2n) is 4.80. The number of aromatic nitrogens is 2. The molecule has 2 rings (SSSR count). The van der Waals surface area contributed by atoms with E-state index in [2.05, 4.69) is 30.1 Å². The summed E-state index contributed by atoms with van der Waals surface area (Å²) >= 11 is 0. The van der Waals surface area contributed by atoms with Crippen molar-refractivity contribution >= 4 is 0 Å². The third-order valence-electron chi connectivity index (χ3n) is 3.49. The van der Waals surface area contributed by atoms with Gasteiger partial charge in [-0.3, -0.25) is 5.10 Å². The van der Waals surface area contributed by atoms with Gasteiger partial charge in [0.15, 0.2) is 0 Å². The Morgan fingerprint density at radius 2 is 2.33 bits per heavy atom. The molecule has 0 radical (unpaired) electrons. The van der Waals surface area contributed by atoms with E-state index in [-0.39, 0.29) is 11.8 Å². The highest BCUT2D eigenvalue weighted by molar-refractivity contribution is 5.49. The zero-order valence-electron chi connectivity index (χ0n) is 10.9. The summed E-state index contributed by atoms with van der Waals surface area (Å²) in [5, 5.41) is 16.3. The average Bonchev–Trinajstić information content (AvgIpc) is 2.69. The number of rotatable bonds is 3. The molecular formula is C13H18N4O. The van der Waals surface area contributed by atoms with E-state index in [0.29, 0.717) is 17.4 Å². The summed E-state index contributed by atoms with van der Waals surface area (Å²) < 4.78 is 5.41. The van der Waals surface area contributed by atoms with E-state index in [1.165, 1.54) is 0 Å². The molecule has 0 saturated carbocycles. The molecule has 5 nitrogen and oxygen atoms in total. The van der Waals surface area contributed by atoms with E-state index < -0.39 is 0 Å². The standard InChI is InChI=1S/C13H18N4O/c1-4-5-7(2)10-9(6-14)12(15)18-13-11(10)8(3)16-17-13/h7,10H,4-5,15H2,1-3H3,(H,16,17). The Hall–Kier alpha value is -1.96. The van der Waals surface area contributed by atoms with Gasteiger partial charge in [0.1, 0.15) is 6.07 Å². The molecule has 0 amide bonds. The number of hydrogen-bond donors (Lipinski definition) is 2. The molecule has 1 aliphatic heterocycles. The van der Waals surface area contributed by atoms with Crippen LogP contribution < -0.4 is 10.5 Å². The minimum atomic E-state index is -0.0163. The summed E-state index contributed by atoms with van der Waals surface area (Å²) in [6.07, 6.45) is 2.11. The predicted molar refractivity (Wildman–Crippen MR) is 67.6 cm³/mol. The number of aromatic amines is 1. The number of H-pyrrole nitrogens is 1. The SMILES string of the molecule is CCCC(C)C1C(C#N)=C(N)Oc2n[nH]c(C)c21. The summed E-state index contributed by atoms with van der Waals surface area (Å²) in [5.41, 5.74) is 8.26. The van der Waals surface area contributed by atoms with E-state index in [0.717, 1.165) is 24.1 Å². The molecule has 1 aromatic rings. The van der Waals surface area contributed by atoms with Crippen LogP contribution in [0.1, 0.15) is 43.9 Å². The van der Waals surface area contributed by atoms with E-state index in [1.807, 2.05) is 6.92 Å². The van der Waals surface area contributed by atoms with E-state index in [4.69, 9.17) is 10.5 Å². The van der Waals surface area contributed by atoms with Crippen LogP contribution >= 0.6 is 0 Å². The van der Waals surface area contributed by atoms with Gasteiger partial charge < -0.3 is 10.5 Å². The number of fused-ring (bicyclic) bond motifs is 1. The molecule has 2 heterocycles. The van der Waals surface area contributed by atoms with Gasteiger partial charge in [-0.1, -0.05) is 26.7 Å². The van der Waals surface area contributed by atoms with Crippen LogP contribution in [0.15, 0.2) is 11.5 Å². The van der Waals surface area contributed by atoms with Crippen molar-refractivity contribution in [2.75, 3.05) is 0 Å². The van der Waals surface area contributed by atoms with Gasteiger partial charge in [-0.2, -0.15) is 5.26 Å². The molecule has 0 aliphatic carbocycles. The van der Waals surface area contributed by atoms with Gasteiger partial charge in [0.2, 0.25) is 11.8 Å². The van der Waals surface area contributed by atoms with Gasteiger partial charge in [-0.05, 0) is 12.8 Å². The lowest BCUT2D eigenvalue weighted by molar-refractivity contribution is 0.349. The van der Waals surface area contributed by atoms with Crippen LogP contribution in [0.3, 0.4) is 0 Å². The van der Waals surface area contributed by atoms with Gasteiger partial charge in [0.25, 0.3) is 0 Å². The Balaban J connectivity index is 2.51. The number of aryl methyl sites for hydroxylation is 1. The summed E-state index contributed by atoms with van der Waals surface area (Å²) in [6.45, 7) is 6.22. The van der Waals surface area contributed by atoms with Crippen LogP contribution in [-0.4, -0.2) is 10.2 Å². The lowest BCUT2D eigenvalue weighted by atomic mass is 9.79. The molecule has 96 valence electrons. The summed E-state index contributed by atoms with van der Waals surface area (Å²) in [4.78, 5) is 0. The predicted octanol–water partition coefficient (Wildman–Crippen LogP) is 2.32. The molecule has 0 saturated heterocycles. The molecule has 2 unspecified atom stereocenters. The van der Waals surface area contributed by atoms with Crippen molar-refractivity contribution in [1.29, 1.82) is 5.26 Å². The van der Waals surface area contributed by atoms with Crippen LogP contribution in [0.2, 0.25) is 0 Å². The van der Waals surface area contributed by atoms with Crippen LogP contribution in [0, 0.1) is 24.2 Å². The average molecular weight is 246 g/mol. The lowest BCUT2D eigenvalue weighted by Crippen LogP contribution is -2.24. The lowest BCUT2D eigenvalue weighted by Gasteiger charge is -2.27. The number of nitrogens with zero attached hydrogens (tertiary/aromatic N) is 2. The summed E-state index contributed by atoms with van der Waals surface area (Å²) in [6, 6.07) is 2.19. The highest BCUT2D eigenvalue weighted by atomic mass is 16.5. The number of allylic oxidation sites excluding steroid dienone is 1. The molecule has 0 fully saturated rings. The Labute approximate surface area is 107 Å². The molecule has 2 atom stereocenters. The highest BCUT2D eigenvalue weighted by Crippen LogP contribution is 2.43. The minimum Gasteiger partial charge on any atom is -0.420 e. The van der Waals surface area contributed by atoms with E-state index in [9.17, 15) is 5.26 Å². The first-order chi connectivity index (χ1) is 8.60. The summed E-state index contributed by atoms with van der Waals surface area (Å²) in [7, 11) is 0. The third kappa shape index (κ3) is 1.84. The largest absolute Gasteiger partial charge is 0.420 e. The van der Waals surface area contributed by atoms with Crippen LogP contribution in [0.5, 0.6) is 5.88 Å². The molecule has 5 heteroatoms. The van der Waals surface area contributed by atoms with Crippen LogP contribution in [-0.2, 0) is 0 Å². The number of nitrogens with two attached hydrogens (primary N) is 1. The van der Waals surface area contributed by atoms with Gasteiger partial charge in [-0.25, -0.2) is 0 Å². The fourth-order valence-electron chi connectivity index (χ4n) is 2.63. The Bertz CT molecular complexity index is 524. The monoisotopic (exact) mass is 246 g/mol. The zero-order chi connectivity index (χ0) is 13.3. The fraction of sp³-hybridized carbons (Fsp3) is 0.538. The van der Waals surface area contributed by atoms with Gasteiger partial charge in [0.05, 0.1) is 5.57 Å². The maximum Gasteiger partial charge on any atom is 0.243 e. The highest BCUT2D eigenvalue weighted by Gasteiger charge is 2.35. The van der Waals surface area contributed by atoms with Crippen LogP contribution in [0.4, 0.5) is 0 Å². The molecule has 0 spiro atoms. The maximum absolute atomic E-state index is 9.30. The Kier molecular flexibility index (Phi) is 3.28. The van der Waals surface area contributed by atoms with Crippen molar-refractivity contribution in [3.63, 3.8) is 0 Å². The Morgan fingerprint density at radius 1 is 1.61 bits per heavy atom. The molecule has 1 aromatic heterocycles. The van der Waals surface area contributed by atoms with E-state index >= 15 is 0 Å². The van der Waals surface area contributed by atoms with Crippen LogP contribution in [0.25, 0.3) is 0 Å².